The number of ketones is 1. The Morgan fingerprint density at radius 3 is 2.62 bits per heavy atom. The molecule has 0 aromatic heterocycles. The maximum atomic E-state index is 15.1. The van der Waals surface area contributed by atoms with E-state index in [1.807, 2.05) is 13.8 Å². The van der Waals surface area contributed by atoms with Crippen molar-refractivity contribution in [1.29, 1.82) is 0 Å². The molecule has 26 heavy (non-hydrogen) atoms. The molecule has 0 radical (unpaired) electrons. The first kappa shape index (κ1) is 20.2. The molecular formula is C20H20ClF2NO2. The first-order valence-corrected chi connectivity index (χ1v) is 8.74. The number of carbonyl (C=O) groups excluding carboxylic acids is 2. The monoisotopic (exact) mass is 379 g/mol. The maximum absolute atomic E-state index is 15.1. The second kappa shape index (κ2) is 9.01. The summed E-state index contributed by atoms with van der Waals surface area (Å²) >= 11 is 6.07. The van der Waals surface area contributed by atoms with Crippen molar-refractivity contribution >= 4 is 23.7 Å². The fraction of sp³-hybridized carbons (Fsp3) is 0.300. The fourth-order valence-electron chi connectivity index (χ4n) is 2.80. The zero-order valence-corrected chi connectivity index (χ0v) is 15.3. The largest absolute Gasteiger partial charge is 0.307 e. The highest BCUT2D eigenvalue weighted by atomic mass is 35.5. The zero-order chi connectivity index (χ0) is 19.3. The quantitative estimate of drug-likeness (QED) is 0.526. The lowest BCUT2D eigenvalue weighted by Crippen LogP contribution is -2.31. The van der Waals surface area contributed by atoms with Crippen LogP contribution in [0.1, 0.15) is 54.2 Å². The van der Waals surface area contributed by atoms with Gasteiger partial charge in [0.05, 0.1) is 10.6 Å². The molecular weight excluding hydrogens is 360 g/mol. The molecule has 0 saturated carbocycles. The van der Waals surface area contributed by atoms with Gasteiger partial charge in [-0.1, -0.05) is 36.7 Å². The smallest absolute Gasteiger partial charge is 0.197 e. The lowest BCUT2D eigenvalue weighted by atomic mass is 9.95. The SMILES string of the molecule is CC[C@@H](N[C@@H](C)CC=O)c1ccc(Cl)c(C(=O)c2cccc(F)c2)c1F. The van der Waals surface area contributed by atoms with Gasteiger partial charge >= 0.3 is 0 Å². The van der Waals surface area contributed by atoms with Crippen LogP contribution < -0.4 is 5.32 Å². The third-order valence-electron chi connectivity index (χ3n) is 4.15. The summed E-state index contributed by atoms with van der Waals surface area (Å²) in [5.74, 6) is -1.99. The molecule has 0 amide bonds. The number of halogens is 3. The van der Waals surface area contributed by atoms with E-state index in [2.05, 4.69) is 5.32 Å². The number of hydrogen-bond acceptors (Lipinski definition) is 3. The Morgan fingerprint density at radius 1 is 1.27 bits per heavy atom. The molecule has 1 N–H and O–H groups in total. The molecule has 138 valence electrons. The molecule has 2 aromatic carbocycles. The molecule has 0 aliphatic rings. The van der Waals surface area contributed by atoms with Crippen molar-refractivity contribution in [3.8, 4) is 0 Å². The van der Waals surface area contributed by atoms with Crippen LogP contribution in [0.3, 0.4) is 0 Å². The van der Waals surface area contributed by atoms with E-state index in [9.17, 15) is 14.0 Å². The number of carbonyl (C=O) groups is 2. The van der Waals surface area contributed by atoms with Crippen molar-refractivity contribution in [3.63, 3.8) is 0 Å². The van der Waals surface area contributed by atoms with Crippen molar-refractivity contribution in [2.24, 2.45) is 0 Å². The van der Waals surface area contributed by atoms with E-state index in [-0.39, 0.29) is 33.8 Å². The van der Waals surface area contributed by atoms with Gasteiger partial charge in [0.1, 0.15) is 17.9 Å². The fourth-order valence-corrected chi connectivity index (χ4v) is 3.04. The Labute approximate surface area is 156 Å². The minimum atomic E-state index is -0.732. The molecule has 2 atom stereocenters. The number of aldehydes is 1. The standard InChI is InChI=1S/C20H20ClF2NO2/c1-3-17(24-12(2)9-10-25)15-7-8-16(21)18(19(15)23)20(26)13-5-4-6-14(22)11-13/h4-8,10-12,17,24H,3,9H2,1-2H3/t12-,17+/m0/s1. The molecule has 0 bridgehead atoms. The summed E-state index contributed by atoms with van der Waals surface area (Å²) in [4.78, 5) is 23.3. The van der Waals surface area contributed by atoms with Gasteiger partial charge in [-0.05, 0) is 31.5 Å². The normalized spacial score (nSPS) is 13.3. The van der Waals surface area contributed by atoms with Crippen LogP contribution in [0.15, 0.2) is 36.4 Å². The van der Waals surface area contributed by atoms with Gasteiger partial charge < -0.3 is 10.1 Å². The molecule has 0 heterocycles. The molecule has 0 fully saturated rings. The van der Waals surface area contributed by atoms with Crippen LogP contribution in [0.25, 0.3) is 0 Å². The highest BCUT2D eigenvalue weighted by Gasteiger charge is 2.24. The minimum Gasteiger partial charge on any atom is -0.307 e. The number of benzene rings is 2. The van der Waals surface area contributed by atoms with Gasteiger partial charge in [-0.2, -0.15) is 0 Å². The topological polar surface area (TPSA) is 46.2 Å². The molecule has 2 rings (SSSR count). The Balaban J connectivity index is 2.44. The molecule has 0 aliphatic carbocycles. The van der Waals surface area contributed by atoms with Crippen molar-refractivity contribution in [3.05, 3.63) is 69.7 Å². The predicted octanol–water partition coefficient (Wildman–Crippen LogP) is 4.87. The van der Waals surface area contributed by atoms with Crippen LogP contribution in [0.4, 0.5) is 8.78 Å². The number of rotatable bonds is 8. The van der Waals surface area contributed by atoms with Crippen LogP contribution in [0.5, 0.6) is 0 Å². The average molecular weight is 380 g/mol. The van der Waals surface area contributed by atoms with Crippen molar-refractivity contribution in [1.82, 2.24) is 5.32 Å². The van der Waals surface area contributed by atoms with Crippen LogP contribution in [-0.2, 0) is 4.79 Å². The van der Waals surface area contributed by atoms with Gasteiger partial charge in [-0.3, -0.25) is 4.79 Å². The van der Waals surface area contributed by atoms with Crippen LogP contribution in [0, 0.1) is 11.6 Å². The van der Waals surface area contributed by atoms with Gasteiger partial charge in [0.2, 0.25) is 0 Å². The van der Waals surface area contributed by atoms with E-state index in [1.165, 1.54) is 30.3 Å². The van der Waals surface area contributed by atoms with E-state index >= 15 is 4.39 Å². The third kappa shape index (κ3) is 4.54. The molecule has 6 heteroatoms. The van der Waals surface area contributed by atoms with Gasteiger partial charge in [-0.15, -0.1) is 0 Å². The molecule has 3 nitrogen and oxygen atoms in total. The van der Waals surface area contributed by atoms with Crippen LogP contribution >= 0.6 is 11.6 Å². The van der Waals surface area contributed by atoms with Crippen molar-refractivity contribution in [2.75, 3.05) is 0 Å². The number of hydrogen-bond donors (Lipinski definition) is 1. The molecule has 0 unspecified atom stereocenters. The maximum Gasteiger partial charge on any atom is 0.197 e. The molecule has 2 aromatic rings. The van der Waals surface area contributed by atoms with E-state index in [0.29, 0.717) is 12.8 Å². The second-order valence-corrected chi connectivity index (χ2v) is 6.50. The highest BCUT2D eigenvalue weighted by Crippen LogP contribution is 2.30. The van der Waals surface area contributed by atoms with Crippen molar-refractivity contribution < 1.29 is 18.4 Å². The Morgan fingerprint density at radius 2 is 2.00 bits per heavy atom. The van der Waals surface area contributed by atoms with Crippen LogP contribution in [-0.4, -0.2) is 18.1 Å². The minimum absolute atomic E-state index is 0.0262. The van der Waals surface area contributed by atoms with E-state index in [0.717, 1.165) is 12.4 Å². The van der Waals surface area contributed by atoms with Gasteiger partial charge in [0.15, 0.2) is 5.78 Å². The summed E-state index contributed by atoms with van der Waals surface area (Å²) in [6.45, 7) is 3.69. The summed E-state index contributed by atoms with van der Waals surface area (Å²) in [7, 11) is 0. The lowest BCUT2D eigenvalue weighted by Gasteiger charge is -2.23. The van der Waals surface area contributed by atoms with Gasteiger partial charge in [0, 0.05) is 29.6 Å². The average Bonchev–Trinajstić information content (AvgIpc) is 2.60. The van der Waals surface area contributed by atoms with E-state index in [4.69, 9.17) is 11.6 Å². The summed E-state index contributed by atoms with van der Waals surface area (Å²) in [6, 6.07) is 7.50. The summed E-state index contributed by atoms with van der Waals surface area (Å²) in [6.07, 6.45) is 1.64. The number of nitrogens with one attached hydrogen (secondary N) is 1. The highest BCUT2D eigenvalue weighted by molar-refractivity contribution is 6.35. The summed E-state index contributed by atoms with van der Waals surface area (Å²) in [5, 5.41) is 3.14. The molecule has 0 aliphatic heterocycles. The van der Waals surface area contributed by atoms with Crippen LogP contribution in [0.2, 0.25) is 5.02 Å². The van der Waals surface area contributed by atoms with Gasteiger partial charge in [-0.25, -0.2) is 8.78 Å². The van der Waals surface area contributed by atoms with E-state index < -0.39 is 17.4 Å². The Bertz CT molecular complexity index is 810. The predicted molar refractivity (Wildman–Crippen MR) is 97.6 cm³/mol. The third-order valence-corrected chi connectivity index (χ3v) is 4.47. The lowest BCUT2D eigenvalue weighted by molar-refractivity contribution is -0.108. The molecule has 0 spiro atoms. The van der Waals surface area contributed by atoms with E-state index in [1.54, 1.807) is 0 Å². The Hall–Kier alpha value is -2.11. The Kier molecular flexibility index (Phi) is 7.00. The zero-order valence-electron chi connectivity index (χ0n) is 14.6. The summed E-state index contributed by atoms with van der Waals surface area (Å²) < 4.78 is 28.5. The summed E-state index contributed by atoms with van der Waals surface area (Å²) in [5.41, 5.74) is 0.0331. The first-order valence-electron chi connectivity index (χ1n) is 8.36. The van der Waals surface area contributed by atoms with Crippen molar-refractivity contribution in [2.45, 2.75) is 38.8 Å². The van der Waals surface area contributed by atoms with Gasteiger partial charge in [0.25, 0.3) is 0 Å². The first-order chi connectivity index (χ1) is 12.4. The molecule has 0 saturated heterocycles. The second-order valence-electron chi connectivity index (χ2n) is 6.10.